The van der Waals surface area contributed by atoms with Gasteiger partial charge in [0.1, 0.15) is 0 Å². The molecule has 0 amide bonds. The summed E-state index contributed by atoms with van der Waals surface area (Å²) in [5.74, 6) is 0. The van der Waals surface area contributed by atoms with Gasteiger partial charge in [0.15, 0.2) is 0 Å². The predicted molar refractivity (Wildman–Crippen MR) is 76.7 cm³/mol. The lowest BCUT2D eigenvalue weighted by Gasteiger charge is -2.20. The van der Waals surface area contributed by atoms with Crippen LogP contribution in [0.1, 0.15) is 43.4 Å². The van der Waals surface area contributed by atoms with Crippen molar-refractivity contribution in [2.24, 2.45) is 0 Å². The highest BCUT2D eigenvalue weighted by atomic mass is 35.5. The monoisotopic (exact) mass is 251 g/mol. The summed E-state index contributed by atoms with van der Waals surface area (Å²) >= 11 is 6.38. The molecular weight excluding hydrogens is 230 g/mol. The normalized spacial score (nSPS) is 12.4. The van der Waals surface area contributed by atoms with Crippen LogP contribution >= 0.6 is 11.6 Å². The SMILES string of the molecule is C=CCCC(NCCC)c1cccc(C)c1Cl. The largest absolute Gasteiger partial charge is 0.310 e. The fourth-order valence-corrected chi connectivity index (χ4v) is 2.17. The molecule has 0 aromatic heterocycles. The maximum Gasteiger partial charge on any atom is 0.0482 e. The summed E-state index contributed by atoms with van der Waals surface area (Å²) in [6.45, 7) is 9.03. The molecule has 1 N–H and O–H groups in total. The van der Waals surface area contributed by atoms with Gasteiger partial charge in [0.25, 0.3) is 0 Å². The molecule has 0 spiro atoms. The smallest absolute Gasteiger partial charge is 0.0482 e. The maximum absolute atomic E-state index is 6.38. The molecule has 0 saturated carbocycles. The van der Waals surface area contributed by atoms with E-state index in [1.807, 2.05) is 6.08 Å². The molecule has 17 heavy (non-hydrogen) atoms. The van der Waals surface area contributed by atoms with Gasteiger partial charge in [0.05, 0.1) is 0 Å². The summed E-state index contributed by atoms with van der Waals surface area (Å²) < 4.78 is 0. The molecule has 0 bridgehead atoms. The third-order valence-electron chi connectivity index (χ3n) is 2.90. The summed E-state index contributed by atoms with van der Waals surface area (Å²) in [6.07, 6.45) is 5.15. The standard InChI is InChI=1S/C15H22ClN/c1-4-6-10-14(17-11-5-2)13-9-7-8-12(3)15(13)16/h4,7-9,14,17H,1,5-6,10-11H2,2-3H3. The Morgan fingerprint density at radius 3 is 2.88 bits per heavy atom. The van der Waals surface area contributed by atoms with Crippen LogP contribution in [0.4, 0.5) is 0 Å². The average molecular weight is 252 g/mol. The number of hydrogen-bond acceptors (Lipinski definition) is 1. The molecular formula is C15H22ClN. The molecule has 0 radical (unpaired) electrons. The van der Waals surface area contributed by atoms with Gasteiger partial charge in [-0.15, -0.1) is 6.58 Å². The molecule has 1 rings (SSSR count). The Kier molecular flexibility index (Phi) is 6.31. The molecule has 94 valence electrons. The van der Waals surface area contributed by atoms with E-state index in [4.69, 9.17) is 11.6 Å². The lowest BCUT2D eigenvalue weighted by Crippen LogP contribution is -2.22. The first kappa shape index (κ1) is 14.3. The van der Waals surface area contributed by atoms with Crippen molar-refractivity contribution in [3.05, 3.63) is 47.0 Å². The highest BCUT2D eigenvalue weighted by Gasteiger charge is 2.14. The van der Waals surface area contributed by atoms with Crippen molar-refractivity contribution < 1.29 is 0 Å². The molecule has 0 fully saturated rings. The van der Waals surface area contributed by atoms with E-state index < -0.39 is 0 Å². The van der Waals surface area contributed by atoms with Gasteiger partial charge >= 0.3 is 0 Å². The van der Waals surface area contributed by atoms with Crippen LogP contribution < -0.4 is 5.32 Å². The lowest BCUT2D eigenvalue weighted by molar-refractivity contribution is 0.503. The second-order valence-corrected chi connectivity index (χ2v) is 4.73. The third kappa shape index (κ3) is 4.18. The van der Waals surface area contributed by atoms with Crippen LogP contribution in [0.3, 0.4) is 0 Å². The second kappa shape index (κ2) is 7.52. The van der Waals surface area contributed by atoms with Crippen molar-refractivity contribution in [3.63, 3.8) is 0 Å². The van der Waals surface area contributed by atoms with Crippen LogP contribution in [-0.4, -0.2) is 6.54 Å². The summed E-state index contributed by atoms with van der Waals surface area (Å²) in [7, 11) is 0. The lowest BCUT2D eigenvalue weighted by atomic mass is 10.00. The Morgan fingerprint density at radius 2 is 2.24 bits per heavy atom. The molecule has 0 aliphatic carbocycles. The number of halogens is 1. The molecule has 0 aliphatic heterocycles. The average Bonchev–Trinajstić information content (AvgIpc) is 2.34. The Balaban J connectivity index is 2.86. The fourth-order valence-electron chi connectivity index (χ4n) is 1.91. The summed E-state index contributed by atoms with van der Waals surface area (Å²) in [4.78, 5) is 0. The minimum absolute atomic E-state index is 0.334. The molecule has 0 heterocycles. The van der Waals surface area contributed by atoms with Gasteiger partial charge in [-0.2, -0.15) is 0 Å². The molecule has 1 atom stereocenters. The van der Waals surface area contributed by atoms with E-state index in [1.165, 1.54) is 5.56 Å². The topological polar surface area (TPSA) is 12.0 Å². The van der Waals surface area contributed by atoms with E-state index in [9.17, 15) is 0 Å². The van der Waals surface area contributed by atoms with Crippen LogP contribution in [0, 0.1) is 6.92 Å². The van der Waals surface area contributed by atoms with E-state index in [-0.39, 0.29) is 0 Å². The first-order valence-electron chi connectivity index (χ1n) is 6.30. The highest BCUT2D eigenvalue weighted by Crippen LogP contribution is 2.28. The Hall–Kier alpha value is -0.790. The van der Waals surface area contributed by atoms with Gasteiger partial charge in [-0.05, 0) is 43.9 Å². The number of allylic oxidation sites excluding steroid dienone is 1. The van der Waals surface area contributed by atoms with E-state index >= 15 is 0 Å². The van der Waals surface area contributed by atoms with E-state index in [0.29, 0.717) is 6.04 Å². The number of rotatable bonds is 7. The quantitative estimate of drug-likeness (QED) is 0.696. The Bertz CT molecular complexity index is 360. The predicted octanol–water partition coefficient (Wildman–Crippen LogP) is 4.66. The van der Waals surface area contributed by atoms with Crippen LogP contribution in [0.25, 0.3) is 0 Å². The Morgan fingerprint density at radius 1 is 1.47 bits per heavy atom. The third-order valence-corrected chi connectivity index (χ3v) is 3.41. The van der Waals surface area contributed by atoms with Crippen LogP contribution in [0.15, 0.2) is 30.9 Å². The Labute approximate surface area is 110 Å². The van der Waals surface area contributed by atoms with Gasteiger partial charge in [-0.1, -0.05) is 42.8 Å². The van der Waals surface area contributed by atoms with Crippen molar-refractivity contribution in [2.75, 3.05) is 6.54 Å². The number of nitrogens with one attached hydrogen (secondary N) is 1. The van der Waals surface area contributed by atoms with Crippen molar-refractivity contribution in [1.82, 2.24) is 5.32 Å². The zero-order valence-corrected chi connectivity index (χ0v) is 11.6. The minimum Gasteiger partial charge on any atom is -0.310 e. The van der Waals surface area contributed by atoms with Crippen LogP contribution in [-0.2, 0) is 0 Å². The zero-order chi connectivity index (χ0) is 12.7. The summed E-state index contributed by atoms with van der Waals surface area (Å²) in [5, 5.41) is 4.45. The van der Waals surface area contributed by atoms with Gasteiger partial charge in [0, 0.05) is 11.1 Å². The fraction of sp³-hybridized carbons (Fsp3) is 0.467. The van der Waals surface area contributed by atoms with Gasteiger partial charge in [-0.25, -0.2) is 0 Å². The van der Waals surface area contributed by atoms with E-state index in [2.05, 4.69) is 43.9 Å². The maximum atomic E-state index is 6.38. The van der Waals surface area contributed by atoms with E-state index in [1.54, 1.807) is 0 Å². The number of hydrogen-bond donors (Lipinski definition) is 1. The first-order valence-corrected chi connectivity index (χ1v) is 6.67. The molecule has 0 aliphatic rings. The van der Waals surface area contributed by atoms with Crippen LogP contribution in [0.5, 0.6) is 0 Å². The van der Waals surface area contributed by atoms with Crippen molar-refractivity contribution in [2.45, 2.75) is 39.2 Å². The van der Waals surface area contributed by atoms with Gasteiger partial charge < -0.3 is 5.32 Å². The zero-order valence-electron chi connectivity index (χ0n) is 10.8. The molecule has 1 nitrogen and oxygen atoms in total. The highest BCUT2D eigenvalue weighted by molar-refractivity contribution is 6.32. The molecule has 0 saturated heterocycles. The summed E-state index contributed by atoms with van der Waals surface area (Å²) in [5.41, 5.74) is 2.35. The minimum atomic E-state index is 0.334. The van der Waals surface area contributed by atoms with Crippen molar-refractivity contribution >= 4 is 11.6 Å². The molecule has 1 aromatic carbocycles. The first-order chi connectivity index (χ1) is 8.20. The summed E-state index contributed by atoms with van der Waals surface area (Å²) in [6, 6.07) is 6.58. The van der Waals surface area contributed by atoms with Crippen molar-refractivity contribution in [1.29, 1.82) is 0 Å². The van der Waals surface area contributed by atoms with Gasteiger partial charge in [0.2, 0.25) is 0 Å². The number of aryl methyl sites for hydroxylation is 1. The van der Waals surface area contributed by atoms with Crippen LogP contribution in [0.2, 0.25) is 5.02 Å². The van der Waals surface area contributed by atoms with Gasteiger partial charge in [-0.3, -0.25) is 0 Å². The van der Waals surface area contributed by atoms with E-state index in [0.717, 1.165) is 36.4 Å². The molecule has 1 aromatic rings. The van der Waals surface area contributed by atoms with Crippen molar-refractivity contribution in [3.8, 4) is 0 Å². The molecule has 1 unspecified atom stereocenters. The molecule has 2 heteroatoms. The number of benzene rings is 1. The second-order valence-electron chi connectivity index (χ2n) is 4.35.